The monoisotopic (exact) mass is 251 g/mol. The van der Waals surface area contributed by atoms with Crippen molar-refractivity contribution in [3.8, 4) is 5.75 Å². The van der Waals surface area contributed by atoms with Gasteiger partial charge in [0, 0.05) is 23.1 Å². The van der Waals surface area contributed by atoms with Crippen LogP contribution in [-0.4, -0.2) is 13.7 Å². The van der Waals surface area contributed by atoms with Gasteiger partial charge in [0.05, 0.1) is 7.11 Å². The SMILES string of the molecule is COc1c(C(C)F)cccc1C1(CN)CCCC1. The Hall–Kier alpha value is -1.09. The molecule has 2 N–H and O–H groups in total. The van der Waals surface area contributed by atoms with Crippen molar-refractivity contribution in [1.29, 1.82) is 0 Å². The average Bonchev–Trinajstić information content (AvgIpc) is 2.87. The molecule has 2 nitrogen and oxygen atoms in total. The number of benzene rings is 1. The first-order valence-corrected chi connectivity index (χ1v) is 6.66. The number of hydrogen-bond donors (Lipinski definition) is 1. The topological polar surface area (TPSA) is 35.2 Å². The van der Waals surface area contributed by atoms with E-state index < -0.39 is 6.17 Å². The van der Waals surface area contributed by atoms with Crippen LogP contribution in [0.25, 0.3) is 0 Å². The second-order valence-electron chi connectivity index (χ2n) is 5.24. The van der Waals surface area contributed by atoms with Crippen molar-refractivity contribution in [2.24, 2.45) is 5.73 Å². The second kappa shape index (κ2) is 5.27. The van der Waals surface area contributed by atoms with Crippen LogP contribution in [0.3, 0.4) is 0 Å². The first-order chi connectivity index (χ1) is 8.64. The van der Waals surface area contributed by atoms with E-state index in [1.54, 1.807) is 20.1 Å². The summed E-state index contributed by atoms with van der Waals surface area (Å²) in [5, 5.41) is 0. The van der Waals surface area contributed by atoms with Gasteiger partial charge in [0.2, 0.25) is 0 Å². The molecule has 1 fully saturated rings. The molecule has 0 amide bonds. The summed E-state index contributed by atoms with van der Waals surface area (Å²) in [6.45, 7) is 2.15. The molecular weight excluding hydrogens is 229 g/mol. The smallest absolute Gasteiger partial charge is 0.128 e. The molecule has 1 saturated carbocycles. The Morgan fingerprint density at radius 1 is 1.39 bits per heavy atom. The highest BCUT2D eigenvalue weighted by molar-refractivity contribution is 5.47. The van der Waals surface area contributed by atoms with Crippen LogP contribution in [0.2, 0.25) is 0 Å². The molecule has 1 aromatic rings. The highest BCUT2D eigenvalue weighted by Gasteiger charge is 2.37. The maximum Gasteiger partial charge on any atom is 0.128 e. The lowest BCUT2D eigenvalue weighted by Crippen LogP contribution is -2.32. The molecule has 1 unspecified atom stereocenters. The van der Waals surface area contributed by atoms with Crippen LogP contribution < -0.4 is 10.5 Å². The first kappa shape index (κ1) is 13.3. The lowest BCUT2D eigenvalue weighted by Gasteiger charge is -2.30. The molecule has 1 aliphatic rings. The Morgan fingerprint density at radius 2 is 2.06 bits per heavy atom. The molecule has 0 radical (unpaired) electrons. The van der Waals surface area contributed by atoms with Gasteiger partial charge in [0.25, 0.3) is 0 Å². The fourth-order valence-corrected chi connectivity index (χ4v) is 3.15. The third-order valence-electron chi connectivity index (χ3n) is 4.20. The lowest BCUT2D eigenvalue weighted by molar-refractivity contribution is 0.334. The molecule has 0 bridgehead atoms. The first-order valence-electron chi connectivity index (χ1n) is 6.66. The minimum atomic E-state index is -1.02. The fraction of sp³-hybridized carbons (Fsp3) is 0.600. The van der Waals surface area contributed by atoms with E-state index in [2.05, 4.69) is 0 Å². The number of alkyl halides is 1. The molecule has 0 saturated heterocycles. The van der Waals surface area contributed by atoms with Crippen molar-refractivity contribution in [3.05, 3.63) is 29.3 Å². The molecule has 18 heavy (non-hydrogen) atoms. The summed E-state index contributed by atoms with van der Waals surface area (Å²) < 4.78 is 19.1. The highest BCUT2D eigenvalue weighted by Crippen LogP contribution is 2.46. The molecule has 0 heterocycles. The predicted molar refractivity (Wildman–Crippen MR) is 71.7 cm³/mol. The predicted octanol–water partition coefficient (Wildman–Crippen LogP) is 3.50. The number of halogens is 1. The molecule has 0 aliphatic heterocycles. The number of hydrogen-bond acceptors (Lipinski definition) is 2. The minimum Gasteiger partial charge on any atom is -0.496 e. The average molecular weight is 251 g/mol. The van der Waals surface area contributed by atoms with Crippen LogP contribution in [-0.2, 0) is 5.41 Å². The van der Waals surface area contributed by atoms with E-state index in [1.807, 2.05) is 12.1 Å². The third kappa shape index (κ3) is 2.12. The van der Waals surface area contributed by atoms with Crippen LogP contribution in [0.15, 0.2) is 18.2 Å². The largest absolute Gasteiger partial charge is 0.496 e. The molecule has 0 spiro atoms. The van der Waals surface area contributed by atoms with Gasteiger partial charge in [-0.25, -0.2) is 4.39 Å². The van der Waals surface area contributed by atoms with Crippen LogP contribution in [0.4, 0.5) is 4.39 Å². The zero-order chi connectivity index (χ0) is 13.2. The van der Waals surface area contributed by atoms with Gasteiger partial charge in [-0.15, -0.1) is 0 Å². The van der Waals surface area contributed by atoms with Gasteiger partial charge >= 0.3 is 0 Å². The fourth-order valence-electron chi connectivity index (χ4n) is 3.15. The Balaban J connectivity index is 2.52. The van der Waals surface area contributed by atoms with Gasteiger partial charge in [-0.1, -0.05) is 31.0 Å². The maximum absolute atomic E-state index is 13.7. The Bertz CT molecular complexity index is 411. The Morgan fingerprint density at radius 3 is 2.56 bits per heavy atom. The molecule has 1 aromatic carbocycles. The minimum absolute atomic E-state index is 0.0176. The maximum atomic E-state index is 13.7. The summed E-state index contributed by atoms with van der Waals surface area (Å²) >= 11 is 0. The van der Waals surface area contributed by atoms with Gasteiger partial charge in [-0.3, -0.25) is 0 Å². The highest BCUT2D eigenvalue weighted by atomic mass is 19.1. The van der Waals surface area contributed by atoms with Gasteiger partial charge in [0.1, 0.15) is 11.9 Å². The number of methoxy groups -OCH3 is 1. The van der Waals surface area contributed by atoms with E-state index >= 15 is 0 Å². The number of rotatable bonds is 4. The van der Waals surface area contributed by atoms with Crippen LogP contribution >= 0.6 is 0 Å². The number of nitrogens with two attached hydrogens (primary N) is 1. The summed E-state index contributed by atoms with van der Waals surface area (Å²) in [6, 6.07) is 5.76. The number of para-hydroxylation sites is 1. The van der Waals surface area contributed by atoms with Crippen molar-refractivity contribution in [3.63, 3.8) is 0 Å². The summed E-state index contributed by atoms with van der Waals surface area (Å²) in [5.74, 6) is 0.694. The zero-order valence-corrected chi connectivity index (χ0v) is 11.2. The molecule has 1 atom stereocenters. The molecule has 2 rings (SSSR count). The van der Waals surface area contributed by atoms with Gasteiger partial charge in [-0.05, 0) is 19.8 Å². The summed E-state index contributed by atoms with van der Waals surface area (Å²) in [5.41, 5.74) is 7.71. The van der Waals surface area contributed by atoms with E-state index in [1.165, 1.54) is 12.8 Å². The van der Waals surface area contributed by atoms with Crippen molar-refractivity contribution in [2.75, 3.05) is 13.7 Å². The summed E-state index contributed by atoms with van der Waals surface area (Å²) in [4.78, 5) is 0. The van der Waals surface area contributed by atoms with E-state index in [4.69, 9.17) is 10.5 Å². The second-order valence-corrected chi connectivity index (χ2v) is 5.24. The molecule has 100 valence electrons. The molecule has 3 heteroatoms. The normalized spacial score (nSPS) is 19.8. The number of ether oxygens (including phenoxy) is 1. The van der Waals surface area contributed by atoms with Crippen molar-refractivity contribution < 1.29 is 9.13 Å². The van der Waals surface area contributed by atoms with Gasteiger partial charge in [0.15, 0.2) is 0 Å². The van der Waals surface area contributed by atoms with E-state index in [0.29, 0.717) is 17.9 Å². The van der Waals surface area contributed by atoms with Gasteiger partial charge in [-0.2, -0.15) is 0 Å². The standard InChI is InChI=1S/C15H22FNO/c1-11(16)12-6-5-7-13(14(12)18-2)15(10-17)8-3-4-9-15/h5-7,11H,3-4,8-10,17H2,1-2H3. The quantitative estimate of drug-likeness (QED) is 0.889. The summed E-state index contributed by atoms with van der Waals surface area (Å²) in [7, 11) is 1.61. The zero-order valence-electron chi connectivity index (χ0n) is 11.2. The lowest BCUT2D eigenvalue weighted by atomic mass is 9.77. The van der Waals surface area contributed by atoms with E-state index in [0.717, 1.165) is 18.4 Å². The Labute approximate surface area is 108 Å². The van der Waals surface area contributed by atoms with Gasteiger partial charge < -0.3 is 10.5 Å². The third-order valence-corrected chi connectivity index (χ3v) is 4.20. The van der Waals surface area contributed by atoms with Crippen molar-refractivity contribution in [1.82, 2.24) is 0 Å². The molecule has 1 aliphatic carbocycles. The van der Waals surface area contributed by atoms with E-state index in [-0.39, 0.29) is 5.41 Å². The van der Waals surface area contributed by atoms with Crippen molar-refractivity contribution in [2.45, 2.75) is 44.2 Å². The summed E-state index contributed by atoms with van der Waals surface area (Å²) in [6.07, 6.45) is 3.51. The van der Waals surface area contributed by atoms with Crippen LogP contribution in [0.1, 0.15) is 49.9 Å². The molecular formula is C15H22FNO. The van der Waals surface area contributed by atoms with Crippen molar-refractivity contribution >= 4 is 0 Å². The van der Waals surface area contributed by atoms with E-state index in [9.17, 15) is 4.39 Å². The Kier molecular flexibility index (Phi) is 3.91. The van der Waals surface area contributed by atoms with Crippen LogP contribution in [0.5, 0.6) is 5.75 Å². The molecule has 0 aromatic heterocycles. The van der Waals surface area contributed by atoms with Crippen LogP contribution in [0, 0.1) is 0 Å².